The molecule has 0 saturated heterocycles. The Hall–Kier alpha value is -2.67. The summed E-state index contributed by atoms with van der Waals surface area (Å²) in [5.41, 5.74) is 0.599. The van der Waals surface area contributed by atoms with E-state index in [0.717, 1.165) is 17.2 Å². The maximum atomic E-state index is 12.7. The zero-order chi connectivity index (χ0) is 16.7. The van der Waals surface area contributed by atoms with Crippen molar-refractivity contribution in [2.75, 3.05) is 11.9 Å². The molecule has 7 heteroatoms. The Bertz CT molecular complexity index is 974. The highest BCUT2D eigenvalue weighted by Crippen LogP contribution is 2.28. The van der Waals surface area contributed by atoms with Gasteiger partial charge in [0.05, 0.1) is 11.2 Å². The molecule has 3 aromatic rings. The van der Waals surface area contributed by atoms with Crippen molar-refractivity contribution < 1.29 is 9.90 Å². The van der Waals surface area contributed by atoms with Crippen molar-refractivity contribution in [1.29, 1.82) is 0 Å². The van der Waals surface area contributed by atoms with Crippen molar-refractivity contribution in [3.05, 3.63) is 51.9 Å². The van der Waals surface area contributed by atoms with E-state index < -0.39 is 11.5 Å². The molecule has 0 unspecified atom stereocenters. The molecule has 118 valence electrons. The normalized spacial score (nSPS) is 10.9. The van der Waals surface area contributed by atoms with E-state index in [2.05, 4.69) is 4.37 Å². The number of rotatable bonds is 2. The molecular formula is C16H15N3O3S. The largest absolute Gasteiger partial charge is 0.506 e. The average molecular weight is 329 g/mol. The smallest absolute Gasteiger partial charge is 0.268 e. The van der Waals surface area contributed by atoms with Crippen LogP contribution >= 0.6 is 11.5 Å². The molecule has 0 aliphatic heterocycles. The number of hydrogen-bond acceptors (Lipinski definition) is 5. The Kier molecular flexibility index (Phi) is 3.65. The van der Waals surface area contributed by atoms with Gasteiger partial charge in [-0.25, -0.2) is 0 Å². The maximum Gasteiger partial charge on any atom is 0.268 e. The number of amides is 1. The molecule has 0 saturated carbocycles. The van der Waals surface area contributed by atoms with Crippen LogP contribution in [-0.2, 0) is 7.05 Å². The van der Waals surface area contributed by atoms with Gasteiger partial charge in [0.2, 0.25) is 0 Å². The SMILES string of the molecule is Cc1cc(N(C)C(=O)c2c(O)c3ccccc3n(C)c2=O)sn1. The zero-order valence-corrected chi connectivity index (χ0v) is 13.7. The number of aromatic hydroxyl groups is 1. The van der Waals surface area contributed by atoms with Gasteiger partial charge in [-0.05, 0) is 36.7 Å². The first-order valence-electron chi connectivity index (χ1n) is 6.94. The van der Waals surface area contributed by atoms with E-state index in [0.29, 0.717) is 15.9 Å². The molecular weight excluding hydrogens is 314 g/mol. The Morgan fingerprint density at radius 1 is 1.35 bits per heavy atom. The van der Waals surface area contributed by atoms with Gasteiger partial charge in [-0.2, -0.15) is 4.37 Å². The summed E-state index contributed by atoms with van der Waals surface area (Å²) >= 11 is 1.16. The van der Waals surface area contributed by atoms with Crippen LogP contribution in [0.5, 0.6) is 5.75 Å². The summed E-state index contributed by atoms with van der Waals surface area (Å²) < 4.78 is 5.50. The second-order valence-corrected chi connectivity index (χ2v) is 6.06. The summed E-state index contributed by atoms with van der Waals surface area (Å²) in [5, 5.41) is 11.5. The minimum absolute atomic E-state index is 0.236. The van der Waals surface area contributed by atoms with Crippen molar-refractivity contribution in [3.63, 3.8) is 0 Å². The molecule has 3 rings (SSSR count). The molecule has 0 bridgehead atoms. The summed E-state index contributed by atoms with van der Waals surface area (Å²) in [4.78, 5) is 26.6. The van der Waals surface area contributed by atoms with Crippen molar-refractivity contribution in [2.24, 2.45) is 7.05 Å². The van der Waals surface area contributed by atoms with Crippen molar-refractivity contribution in [2.45, 2.75) is 6.92 Å². The Morgan fingerprint density at radius 3 is 2.70 bits per heavy atom. The fourth-order valence-electron chi connectivity index (χ4n) is 2.45. The fourth-order valence-corrected chi connectivity index (χ4v) is 3.17. The molecule has 2 aromatic heterocycles. The van der Waals surface area contributed by atoms with E-state index in [1.807, 2.05) is 6.92 Å². The molecule has 0 atom stereocenters. The first-order chi connectivity index (χ1) is 10.9. The Balaban J connectivity index is 2.20. The number of hydrogen-bond donors (Lipinski definition) is 1. The minimum Gasteiger partial charge on any atom is -0.506 e. The van der Waals surface area contributed by atoms with Gasteiger partial charge in [0.25, 0.3) is 11.5 Å². The lowest BCUT2D eigenvalue weighted by Crippen LogP contribution is -2.33. The van der Waals surface area contributed by atoms with Crippen molar-refractivity contribution >= 4 is 33.3 Å². The van der Waals surface area contributed by atoms with Gasteiger partial charge < -0.3 is 14.6 Å². The molecule has 0 aliphatic rings. The van der Waals surface area contributed by atoms with E-state index in [1.54, 1.807) is 44.4 Å². The lowest BCUT2D eigenvalue weighted by Gasteiger charge is -2.17. The van der Waals surface area contributed by atoms with Gasteiger partial charge in [-0.15, -0.1) is 0 Å². The minimum atomic E-state index is -0.558. The number of pyridine rings is 1. The van der Waals surface area contributed by atoms with Gasteiger partial charge in [0.1, 0.15) is 16.3 Å². The summed E-state index contributed by atoms with van der Waals surface area (Å²) in [6, 6.07) is 8.68. The van der Waals surface area contributed by atoms with Crippen LogP contribution in [0.2, 0.25) is 0 Å². The number of aryl methyl sites for hydroxylation is 2. The summed E-state index contributed by atoms with van der Waals surface area (Å²) in [6.07, 6.45) is 0. The van der Waals surface area contributed by atoms with Crippen LogP contribution in [0, 0.1) is 6.92 Å². The third-order valence-electron chi connectivity index (χ3n) is 3.74. The first-order valence-corrected chi connectivity index (χ1v) is 7.71. The van der Waals surface area contributed by atoms with Crippen LogP contribution in [0.3, 0.4) is 0 Å². The summed E-state index contributed by atoms with van der Waals surface area (Å²) in [6.45, 7) is 1.82. The molecule has 0 aliphatic carbocycles. The number of carbonyl (C=O) groups is 1. The number of para-hydroxylation sites is 1. The van der Waals surface area contributed by atoms with Gasteiger partial charge in [0, 0.05) is 19.5 Å². The summed E-state index contributed by atoms with van der Waals surface area (Å²) in [7, 11) is 3.14. The van der Waals surface area contributed by atoms with Gasteiger partial charge in [0.15, 0.2) is 0 Å². The van der Waals surface area contributed by atoms with E-state index in [-0.39, 0.29) is 11.3 Å². The zero-order valence-electron chi connectivity index (χ0n) is 12.9. The second kappa shape index (κ2) is 5.51. The fraction of sp³-hybridized carbons (Fsp3) is 0.188. The number of nitrogens with zero attached hydrogens (tertiary/aromatic N) is 3. The number of anilines is 1. The third kappa shape index (κ3) is 2.39. The quantitative estimate of drug-likeness (QED) is 0.783. The predicted molar refractivity (Wildman–Crippen MR) is 90.4 cm³/mol. The Labute approximate surface area is 136 Å². The molecule has 6 nitrogen and oxygen atoms in total. The van der Waals surface area contributed by atoms with Gasteiger partial charge >= 0.3 is 0 Å². The van der Waals surface area contributed by atoms with Crippen LogP contribution in [0.4, 0.5) is 5.00 Å². The molecule has 2 heterocycles. The predicted octanol–water partition coefficient (Wildman–Crippen LogP) is 2.29. The monoisotopic (exact) mass is 329 g/mol. The second-order valence-electron chi connectivity index (χ2n) is 5.28. The number of aromatic nitrogens is 2. The van der Waals surface area contributed by atoms with Crippen LogP contribution in [0.15, 0.2) is 35.1 Å². The van der Waals surface area contributed by atoms with E-state index in [9.17, 15) is 14.7 Å². The molecule has 0 fully saturated rings. The van der Waals surface area contributed by atoms with E-state index in [1.165, 1.54) is 9.47 Å². The van der Waals surface area contributed by atoms with Crippen molar-refractivity contribution in [1.82, 2.24) is 8.94 Å². The third-order valence-corrected chi connectivity index (χ3v) is 4.70. The van der Waals surface area contributed by atoms with Crippen LogP contribution in [0.25, 0.3) is 10.9 Å². The molecule has 23 heavy (non-hydrogen) atoms. The standard InChI is InChI=1S/C16H15N3O3S/c1-9-8-12(23-17-9)19(3)16(22)13-14(20)10-6-4-5-7-11(10)18(2)15(13)21/h4-8,20H,1-3H3. The molecule has 1 amide bonds. The molecule has 1 N–H and O–H groups in total. The highest BCUT2D eigenvalue weighted by Gasteiger charge is 2.25. The Morgan fingerprint density at radius 2 is 2.04 bits per heavy atom. The van der Waals surface area contributed by atoms with Gasteiger partial charge in [-0.3, -0.25) is 9.59 Å². The highest BCUT2D eigenvalue weighted by molar-refractivity contribution is 7.10. The van der Waals surface area contributed by atoms with Gasteiger partial charge in [-0.1, -0.05) is 12.1 Å². The molecule has 1 aromatic carbocycles. The van der Waals surface area contributed by atoms with Crippen LogP contribution in [0.1, 0.15) is 16.1 Å². The van der Waals surface area contributed by atoms with Crippen molar-refractivity contribution in [3.8, 4) is 5.75 Å². The van der Waals surface area contributed by atoms with E-state index in [4.69, 9.17) is 0 Å². The number of benzene rings is 1. The number of carbonyl (C=O) groups excluding carboxylic acids is 1. The highest BCUT2D eigenvalue weighted by atomic mass is 32.1. The topological polar surface area (TPSA) is 75.4 Å². The van der Waals surface area contributed by atoms with Crippen LogP contribution < -0.4 is 10.5 Å². The molecule has 0 spiro atoms. The number of fused-ring (bicyclic) bond motifs is 1. The lowest BCUT2D eigenvalue weighted by atomic mass is 10.1. The first kappa shape index (κ1) is 15.2. The van der Waals surface area contributed by atoms with Crippen LogP contribution in [-0.4, -0.2) is 27.0 Å². The molecule has 0 radical (unpaired) electrons. The lowest BCUT2D eigenvalue weighted by molar-refractivity contribution is 0.0989. The maximum absolute atomic E-state index is 12.7. The summed E-state index contributed by atoms with van der Waals surface area (Å²) in [5.74, 6) is -0.848. The van der Waals surface area contributed by atoms with E-state index >= 15 is 0 Å². The average Bonchev–Trinajstić information content (AvgIpc) is 2.98.